The number of fused-ring (bicyclic) bond motifs is 1. The summed E-state index contributed by atoms with van der Waals surface area (Å²) < 4.78 is 7.80. The van der Waals surface area contributed by atoms with Gasteiger partial charge in [-0.05, 0) is 44.5 Å². The molecule has 2 saturated heterocycles. The van der Waals surface area contributed by atoms with Crippen LogP contribution in [0.2, 0.25) is 0 Å². The zero-order valence-corrected chi connectivity index (χ0v) is 11.8. The van der Waals surface area contributed by atoms with Crippen LogP contribution < -0.4 is 10.9 Å². The highest BCUT2D eigenvalue weighted by molar-refractivity contribution is 5.72. The molecule has 1 spiro atoms. The minimum Gasteiger partial charge on any atom is -0.373 e. The lowest BCUT2D eigenvalue weighted by Crippen LogP contribution is -2.41. The largest absolute Gasteiger partial charge is 0.373 e. The molecule has 0 aliphatic carbocycles. The SMILES string of the molecule is O=c1c2cccnc2ncn1[C@H]1COC2(CCNCC2)C1. The number of nitrogens with one attached hydrogen (secondary N) is 1. The fraction of sp³-hybridized carbons (Fsp3) is 0.533. The highest BCUT2D eigenvalue weighted by Crippen LogP contribution is 2.38. The number of hydrogen-bond acceptors (Lipinski definition) is 5. The topological polar surface area (TPSA) is 69.0 Å². The molecule has 0 aromatic carbocycles. The molecular formula is C15H18N4O2. The molecule has 2 aliphatic rings. The molecule has 0 amide bonds. The monoisotopic (exact) mass is 286 g/mol. The van der Waals surface area contributed by atoms with E-state index in [0.717, 1.165) is 32.4 Å². The summed E-state index contributed by atoms with van der Waals surface area (Å²) in [6, 6.07) is 3.63. The number of piperidine rings is 1. The number of nitrogens with zero attached hydrogens (tertiary/aromatic N) is 3. The Morgan fingerprint density at radius 3 is 3.05 bits per heavy atom. The van der Waals surface area contributed by atoms with Crippen molar-refractivity contribution in [2.75, 3.05) is 19.7 Å². The maximum Gasteiger partial charge on any atom is 0.263 e. The Morgan fingerprint density at radius 2 is 2.19 bits per heavy atom. The summed E-state index contributed by atoms with van der Waals surface area (Å²) >= 11 is 0. The molecular weight excluding hydrogens is 268 g/mol. The van der Waals surface area contributed by atoms with Gasteiger partial charge in [0.05, 0.1) is 23.6 Å². The van der Waals surface area contributed by atoms with Crippen LogP contribution in [0.1, 0.15) is 25.3 Å². The molecule has 2 aromatic heterocycles. The van der Waals surface area contributed by atoms with Crippen molar-refractivity contribution >= 4 is 11.0 Å². The van der Waals surface area contributed by atoms with E-state index < -0.39 is 0 Å². The van der Waals surface area contributed by atoms with Gasteiger partial charge in [0.25, 0.3) is 5.56 Å². The van der Waals surface area contributed by atoms with E-state index in [-0.39, 0.29) is 17.2 Å². The predicted molar refractivity (Wildman–Crippen MR) is 78.2 cm³/mol. The Kier molecular flexibility index (Phi) is 3.01. The zero-order chi connectivity index (χ0) is 14.3. The summed E-state index contributed by atoms with van der Waals surface area (Å²) in [4.78, 5) is 21.0. The Hall–Kier alpha value is -1.79. The van der Waals surface area contributed by atoms with Gasteiger partial charge in [-0.2, -0.15) is 0 Å². The lowest BCUT2D eigenvalue weighted by Gasteiger charge is -2.32. The molecule has 0 bridgehead atoms. The van der Waals surface area contributed by atoms with Gasteiger partial charge in [0.2, 0.25) is 0 Å². The van der Waals surface area contributed by atoms with Crippen molar-refractivity contribution in [3.8, 4) is 0 Å². The van der Waals surface area contributed by atoms with E-state index in [0.29, 0.717) is 17.6 Å². The molecule has 110 valence electrons. The van der Waals surface area contributed by atoms with E-state index in [1.54, 1.807) is 29.2 Å². The standard InChI is InChI=1S/C15H18N4O2/c20-14-12-2-1-5-17-13(12)18-10-19(14)11-8-15(21-9-11)3-6-16-7-4-15/h1-2,5,10-11,16H,3-4,6-9H2/t11-/m1/s1. The molecule has 0 saturated carbocycles. The van der Waals surface area contributed by atoms with Crippen LogP contribution in [0, 0.1) is 0 Å². The molecule has 1 N–H and O–H groups in total. The maximum atomic E-state index is 12.6. The normalized spacial score (nSPS) is 24.7. The van der Waals surface area contributed by atoms with Crippen LogP contribution in [0.15, 0.2) is 29.5 Å². The molecule has 0 radical (unpaired) electrons. The van der Waals surface area contributed by atoms with Crippen molar-refractivity contribution in [1.82, 2.24) is 19.9 Å². The fourth-order valence-corrected chi connectivity index (χ4v) is 3.47. The first kappa shape index (κ1) is 12.9. The molecule has 2 aromatic rings. The Bertz CT molecular complexity index is 721. The van der Waals surface area contributed by atoms with Crippen LogP contribution in [0.5, 0.6) is 0 Å². The van der Waals surface area contributed by atoms with E-state index in [4.69, 9.17) is 4.74 Å². The zero-order valence-electron chi connectivity index (χ0n) is 11.8. The smallest absolute Gasteiger partial charge is 0.263 e. The van der Waals surface area contributed by atoms with Crippen LogP contribution >= 0.6 is 0 Å². The van der Waals surface area contributed by atoms with Gasteiger partial charge in [-0.3, -0.25) is 9.36 Å². The Balaban J connectivity index is 1.68. The predicted octanol–water partition coefficient (Wildman–Crippen LogP) is 0.875. The van der Waals surface area contributed by atoms with Crippen molar-refractivity contribution < 1.29 is 4.74 Å². The van der Waals surface area contributed by atoms with Crippen molar-refractivity contribution in [3.05, 3.63) is 35.0 Å². The van der Waals surface area contributed by atoms with Crippen LogP contribution in [0.3, 0.4) is 0 Å². The van der Waals surface area contributed by atoms with Gasteiger partial charge in [0.1, 0.15) is 6.33 Å². The van der Waals surface area contributed by atoms with Gasteiger partial charge in [0, 0.05) is 6.20 Å². The third-order valence-electron chi connectivity index (χ3n) is 4.65. The number of pyridine rings is 1. The number of aromatic nitrogens is 3. The summed E-state index contributed by atoms with van der Waals surface area (Å²) in [5.74, 6) is 0. The average molecular weight is 286 g/mol. The van der Waals surface area contributed by atoms with E-state index >= 15 is 0 Å². The summed E-state index contributed by atoms with van der Waals surface area (Å²) in [5.41, 5.74) is 0.432. The molecule has 0 unspecified atom stereocenters. The van der Waals surface area contributed by atoms with Crippen molar-refractivity contribution in [1.29, 1.82) is 0 Å². The van der Waals surface area contributed by atoms with Crippen LogP contribution in [0.25, 0.3) is 11.0 Å². The molecule has 1 atom stereocenters. The van der Waals surface area contributed by atoms with Crippen LogP contribution in [-0.2, 0) is 4.74 Å². The molecule has 2 aliphatic heterocycles. The maximum absolute atomic E-state index is 12.6. The second kappa shape index (κ2) is 4.89. The molecule has 4 heterocycles. The van der Waals surface area contributed by atoms with Crippen LogP contribution in [-0.4, -0.2) is 39.8 Å². The second-order valence-electron chi connectivity index (χ2n) is 5.93. The first-order chi connectivity index (χ1) is 10.3. The summed E-state index contributed by atoms with van der Waals surface area (Å²) in [5, 5.41) is 3.93. The number of hydrogen-bond donors (Lipinski definition) is 1. The highest BCUT2D eigenvalue weighted by Gasteiger charge is 2.42. The molecule has 6 heteroatoms. The Morgan fingerprint density at radius 1 is 1.33 bits per heavy atom. The van der Waals surface area contributed by atoms with Crippen molar-refractivity contribution in [2.45, 2.75) is 30.9 Å². The molecule has 21 heavy (non-hydrogen) atoms. The van der Waals surface area contributed by atoms with Gasteiger partial charge < -0.3 is 10.1 Å². The summed E-state index contributed by atoms with van der Waals surface area (Å²) in [6.45, 7) is 2.57. The number of rotatable bonds is 1. The van der Waals surface area contributed by atoms with Crippen molar-refractivity contribution in [2.24, 2.45) is 0 Å². The second-order valence-corrected chi connectivity index (χ2v) is 5.93. The molecule has 4 rings (SSSR count). The van der Waals surface area contributed by atoms with E-state index in [1.807, 2.05) is 0 Å². The quantitative estimate of drug-likeness (QED) is 0.842. The molecule has 2 fully saturated rings. The average Bonchev–Trinajstić information content (AvgIpc) is 2.92. The van der Waals surface area contributed by atoms with Crippen molar-refractivity contribution in [3.63, 3.8) is 0 Å². The van der Waals surface area contributed by atoms with Crippen LogP contribution in [0.4, 0.5) is 0 Å². The lowest BCUT2D eigenvalue weighted by molar-refractivity contribution is -0.0196. The fourth-order valence-electron chi connectivity index (χ4n) is 3.47. The summed E-state index contributed by atoms with van der Waals surface area (Å²) in [6.07, 6.45) is 6.19. The van der Waals surface area contributed by atoms with Gasteiger partial charge >= 0.3 is 0 Å². The van der Waals surface area contributed by atoms with Gasteiger partial charge in [-0.15, -0.1) is 0 Å². The lowest BCUT2D eigenvalue weighted by atomic mass is 9.88. The molecule has 6 nitrogen and oxygen atoms in total. The van der Waals surface area contributed by atoms with Gasteiger partial charge in [0.15, 0.2) is 5.65 Å². The first-order valence-corrected chi connectivity index (χ1v) is 7.44. The summed E-state index contributed by atoms with van der Waals surface area (Å²) in [7, 11) is 0. The Labute approximate surface area is 122 Å². The first-order valence-electron chi connectivity index (χ1n) is 7.44. The minimum absolute atomic E-state index is 0.0207. The van der Waals surface area contributed by atoms with E-state index in [1.165, 1.54) is 0 Å². The van der Waals surface area contributed by atoms with E-state index in [9.17, 15) is 4.79 Å². The third-order valence-corrected chi connectivity index (χ3v) is 4.65. The number of ether oxygens (including phenoxy) is 1. The van der Waals surface area contributed by atoms with Gasteiger partial charge in [-0.25, -0.2) is 9.97 Å². The third kappa shape index (κ3) is 2.15. The minimum atomic E-state index is -0.0563. The highest BCUT2D eigenvalue weighted by atomic mass is 16.5. The van der Waals surface area contributed by atoms with E-state index in [2.05, 4.69) is 15.3 Å². The van der Waals surface area contributed by atoms with Gasteiger partial charge in [-0.1, -0.05) is 0 Å².